The van der Waals surface area contributed by atoms with Gasteiger partial charge in [-0.15, -0.1) is 0 Å². The zero-order valence-corrected chi connectivity index (χ0v) is 23.1. The lowest BCUT2D eigenvalue weighted by atomic mass is 9.49. The molecule has 0 saturated heterocycles. The van der Waals surface area contributed by atoms with Gasteiger partial charge in [0.15, 0.2) is 0 Å². The van der Waals surface area contributed by atoms with Gasteiger partial charge in [0.05, 0.1) is 5.41 Å². The minimum atomic E-state index is -0.236. The molecule has 2 nitrogen and oxygen atoms in total. The molecule has 1 fully saturated rings. The molecule has 0 aromatic heterocycles. The molecule has 0 bridgehead atoms. The smallest absolute Gasteiger partial charge is 0.226 e. The average molecular weight is 468 g/mol. The number of aryl methyl sites for hydroxylation is 1. The third-order valence-corrected chi connectivity index (χ3v) is 9.38. The molecule has 0 aliphatic heterocycles. The minimum Gasteiger partial charge on any atom is -0.356 e. The monoisotopic (exact) mass is 467 g/mol. The third kappa shape index (κ3) is 6.27. The molecule has 0 radical (unpaired) electrons. The Morgan fingerprint density at radius 3 is 2.26 bits per heavy atom. The Morgan fingerprint density at radius 2 is 1.62 bits per heavy atom. The number of nitrogens with one attached hydrogen (secondary N) is 1. The first-order valence-corrected chi connectivity index (χ1v) is 14.7. The van der Waals surface area contributed by atoms with E-state index in [9.17, 15) is 4.79 Å². The largest absolute Gasteiger partial charge is 0.356 e. The van der Waals surface area contributed by atoms with Crippen LogP contribution in [0.5, 0.6) is 0 Å². The van der Waals surface area contributed by atoms with Crippen molar-refractivity contribution in [3.8, 4) is 0 Å². The summed E-state index contributed by atoms with van der Waals surface area (Å²) >= 11 is 0. The molecular weight excluding hydrogens is 414 g/mol. The summed E-state index contributed by atoms with van der Waals surface area (Å²) in [4.78, 5) is 13.5. The number of rotatable bonds is 13. The van der Waals surface area contributed by atoms with Crippen LogP contribution in [0.25, 0.3) is 0 Å². The van der Waals surface area contributed by atoms with Gasteiger partial charge in [0.1, 0.15) is 0 Å². The van der Waals surface area contributed by atoms with Gasteiger partial charge in [-0.05, 0) is 66.0 Å². The number of carbonyl (C=O) groups is 1. The molecular formula is C32H53NO. The second kappa shape index (κ2) is 12.6. The van der Waals surface area contributed by atoms with Crippen LogP contribution in [0.3, 0.4) is 0 Å². The topological polar surface area (TPSA) is 29.1 Å². The fourth-order valence-corrected chi connectivity index (χ4v) is 7.16. The maximum atomic E-state index is 13.5. The average Bonchev–Trinajstić information content (AvgIpc) is 2.82. The molecule has 34 heavy (non-hydrogen) atoms. The van der Waals surface area contributed by atoms with E-state index in [-0.39, 0.29) is 10.8 Å². The molecule has 192 valence electrons. The van der Waals surface area contributed by atoms with Crippen molar-refractivity contribution in [2.75, 3.05) is 6.54 Å². The van der Waals surface area contributed by atoms with Crippen LogP contribution in [0.15, 0.2) is 18.2 Å². The molecule has 2 heteroatoms. The number of hydrogen-bond donors (Lipinski definition) is 1. The predicted octanol–water partition coefficient (Wildman–Crippen LogP) is 8.86. The fourth-order valence-electron chi connectivity index (χ4n) is 7.16. The molecule has 1 amide bonds. The van der Waals surface area contributed by atoms with E-state index >= 15 is 0 Å². The number of fused-ring (bicyclic) bond motifs is 3. The Labute approximate surface area is 211 Å². The second-order valence-corrected chi connectivity index (χ2v) is 12.3. The van der Waals surface area contributed by atoms with Crippen LogP contribution in [-0.4, -0.2) is 12.5 Å². The Hall–Kier alpha value is -1.31. The van der Waals surface area contributed by atoms with Crippen molar-refractivity contribution >= 4 is 5.91 Å². The molecule has 1 aromatic carbocycles. The first-order valence-electron chi connectivity index (χ1n) is 14.7. The van der Waals surface area contributed by atoms with Gasteiger partial charge in [-0.25, -0.2) is 0 Å². The molecule has 0 unspecified atom stereocenters. The lowest BCUT2D eigenvalue weighted by Gasteiger charge is -2.54. The van der Waals surface area contributed by atoms with Crippen LogP contribution in [0.2, 0.25) is 0 Å². The minimum absolute atomic E-state index is 0.130. The number of carbonyl (C=O) groups excluding carboxylic acids is 1. The van der Waals surface area contributed by atoms with Gasteiger partial charge in [-0.3, -0.25) is 4.79 Å². The lowest BCUT2D eigenvalue weighted by Crippen LogP contribution is -2.55. The molecule has 0 heterocycles. The molecule has 1 aromatic rings. The molecule has 1 N–H and O–H groups in total. The summed E-state index contributed by atoms with van der Waals surface area (Å²) < 4.78 is 0. The van der Waals surface area contributed by atoms with E-state index in [1.807, 2.05) is 0 Å². The number of benzene rings is 1. The van der Waals surface area contributed by atoms with Crippen molar-refractivity contribution in [1.29, 1.82) is 0 Å². The Kier molecular flexibility index (Phi) is 10.1. The number of amides is 1. The second-order valence-electron chi connectivity index (χ2n) is 12.3. The molecule has 3 rings (SSSR count). The Morgan fingerprint density at radius 1 is 0.971 bits per heavy atom. The zero-order valence-electron chi connectivity index (χ0n) is 23.1. The highest BCUT2D eigenvalue weighted by Crippen LogP contribution is 2.57. The maximum absolute atomic E-state index is 13.5. The van der Waals surface area contributed by atoms with Gasteiger partial charge in [-0.2, -0.15) is 0 Å². The van der Waals surface area contributed by atoms with Crippen molar-refractivity contribution in [3.05, 3.63) is 34.9 Å². The first kappa shape index (κ1) is 27.3. The molecule has 2 aliphatic rings. The van der Waals surface area contributed by atoms with Crippen molar-refractivity contribution in [2.45, 2.75) is 142 Å². The van der Waals surface area contributed by atoms with E-state index in [1.54, 1.807) is 5.56 Å². The summed E-state index contributed by atoms with van der Waals surface area (Å²) in [7, 11) is 0. The van der Waals surface area contributed by atoms with E-state index in [0.717, 1.165) is 38.6 Å². The van der Waals surface area contributed by atoms with E-state index in [0.29, 0.717) is 17.7 Å². The van der Waals surface area contributed by atoms with Gasteiger partial charge < -0.3 is 5.32 Å². The highest BCUT2D eigenvalue weighted by atomic mass is 16.2. The summed E-state index contributed by atoms with van der Waals surface area (Å²) in [5, 5.41) is 3.38. The van der Waals surface area contributed by atoms with Crippen LogP contribution < -0.4 is 5.32 Å². The van der Waals surface area contributed by atoms with Gasteiger partial charge in [-0.1, -0.05) is 117 Å². The van der Waals surface area contributed by atoms with Gasteiger partial charge in [0.25, 0.3) is 0 Å². The van der Waals surface area contributed by atoms with Gasteiger partial charge in [0.2, 0.25) is 5.91 Å². The molecule has 0 spiro atoms. The summed E-state index contributed by atoms with van der Waals surface area (Å²) in [5.41, 5.74) is 4.42. The number of unbranched alkanes of at least 4 members (excludes halogenated alkanes) is 9. The van der Waals surface area contributed by atoms with Crippen molar-refractivity contribution < 1.29 is 4.79 Å². The molecule has 1 saturated carbocycles. The van der Waals surface area contributed by atoms with E-state index in [4.69, 9.17) is 0 Å². The van der Waals surface area contributed by atoms with Crippen LogP contribution in [-0.2, 0) is 16.6 Å². The zero-order chi connectivity index (χ0) is 24.6. The summed E-state index contributed by atoms with van der Waals surface area (Å²) in [6, 6.07) is 7.21. The summed E-state index contributed by atoms with van der Waals surface area (Å²) in [6.07, 6.45) is 19.0. The van der Waals surface area contributed by atoms with Gasteiger partial charge >= 0.3 is 0 Å². The van der Waals surface area contributed by atoms with Crippen LogP contribution in [0, 0.1) is 11.3 Å². The van der Waals surface area contributed by atoms with Gasteiger partial charge in [0, 0.05) is 6.54 Å². The quantitative estimate of drug-likeness (QED) is 0.288. The van der Waals surface area contributed by atoms with Crippen molar-refractivity contribution in [2.24, 2.45) is 11.3 Å². The van der Waals surface area contributed by atoms with Crippen molar-refractivity contribution in [3.63, 3.8) is 0 Å². The molecule has 3 atom stereocenters. The highest BCUT2D eigenvalue weighted by molar-refractivity contribution is 5.83. The maximum Gasteiger partial charge on any atom is 0.226 e. The molecule has 2 aliphatic carbocycles. The Bertz CT molecular complexity index is 783. The van der Waals surface area contributed by atoms with E-state index < -0.39 is 0 Å². The summed E-state index contributed by atoms with van der Waals surface area (Å²) in [5.74, 6) is 1.34. The number of hydrogen-bond acceptors (Lipinski definition) is 1. The predicted molar refractivity (Wildman–Crippen MR) is 147 cm³/mol. The van der Waals surface area contributed by atoms with Crippen LogP contribution in [0.4, 0.5) is 0 Å². The normalized spacial score (nSPS) is 26.2. The first-order chi connectivity index (χ1) is 16.3. The standard InChI is InChI=1S/C32H53NO/c1-6-7-8-9-10-11-12-13-14-15-23-33-30(34)32(5)22-16-21-31(4)28-19-17-26(25(2)3)24-27(28)18-20-29(31)32/h17,19,24-25,29H,6-16,18,20-23H2,1-5H3,(H,33,34)/t29-,31-,32+/m1/s1. The Balaban J connectivity index is 1.49. The fraction of sp³-hybridized carbons (Fsp3) is 0.781. The highest BCUT2D eigenvalue weighted by Gasteiger charge is 2.54. The summed E-state index contributed by atoms with van der Waals surface area (Å²) in [6.45, 7) is 12.4. The SMILES string of the molecule is CCCCCCCCCCCCNC(=O)[C@@]1(C)CCC[C@]2(C)c3ccc(C(C)C)cc3CC[C@@H]12. The van der Waals surface area contributed by atoms with E-state index in [1.165, 1.54) is 75.3 Å². The van der Waals surface area contributed by atoms with Crippen LogP contribution in [0.1, 0.15) is 147 Å². The third-order valence-electron chi connectivity index (χ3n) is 9.38. The van der Waals surface area contributed by atoms with E-state index in [2.05, 4.69) is 58.1 Å². The lowest BCUT2D eigenvalue weighted by molar-refractivity contribution is -0.139. The van der Waals surface area contributed by atoms with Crippen molar-refractivity contribution in [1.82, 2.24) is 5.32 Å². The van der Waals surface area contributed by atoms with Crippen LogP contribution >= 0.6 is 0 Å².